The molecule has 0 saturated carbocycles. The first-order valence-corrected chi connectivity index (χ1v) is 6.16. The third-order valence-corrected chi connectivity index (χ3v) is 3.14. The number of pyridine rings is 1. The number of carbonyl (C=O) groups excluding carboxylic acids is 1. The monoisotopic (exact) mass is 303 g/mol. The minimum Gasteiger partial charge on any atom is -0.364 e. The van der Waals surface area contributed by atoms with Crippen molar-refractivity contribution in [3.63, 3.8) is 0 Å². The molecule has 1 aliphatic rings. The van der Waals surface area contributed by atoms with Crippen LogP contribution in [-0.4, -0.2) is 23.5 Å². The second-order valence-corrected chi connectivity index (χ2v) is 4.99. The first kappa shape index (κ1) is 11.7. The summed E-state index contributed by atoms with van der Waals surface area (Å²) in [6, 6.07) is 1.99. The maximum atomic E-state index is 11.0. The zero-order valence-electron chi connectivity index (χ0n) is 8.46. The molecule has 1 fully saturated rings. The van der Waals surface area contributed by atoms with Crippen molar-refractivity contribution in [2.24, 2.45) is 0 Å². The minimum atomic E-state index is 0.105. The van der Waals surface area contributed by atoms with Gasteiger partial charge in [0, 0.05) is 29.7 Å². The molecule has 1 aromatic heterocycles. The summed E-state index contributed by atoms with van der Waals surface area (Å²) in [7, 11) is 0. The zero-order valence-corrected chi connectivity index (χ0v) is 10.8. The van der Waals surface area contributed by atoms with Crippen LogP contribution in [0.5, 0.6) is 0 Å². The van der Waals surface area contributed by atoms with Gasteiger partial charge in [-0.3, -0.25) is 4.79 Å². The number of piperidine rings is 1. The second-order valence-electron chi connectivity index (χ2n) is 3.67. The van der Waals surface area contributed by atoms with Crippen molar-refractivity contribution in [3.05, 3.63) is 21.8 Å². The molecule has 0 aliphatic carbocycles. The van der Waals surface area contributed by atoms with Crippen molar-refractivity contribution in [1.82, 2.24) is 10.3 Å². The zero-order chi connectivity index (χ0) is 11.5. The van der Waals surface area contributed by atoms with Gasteiger partial charge in [0.15, 0.2) is 0 Å². The summed E-state index contributed by atoms with van der Waals surface area (Å²) in [5.41, 5.74) is 0. The van der Waals surface area contributed by atoms with Gasteiger partial charge in [-0.25, -0.2) is 4.98 Å². The highest BCUT2D eigenvalue weighted by Gasteiger charge is 2.18. The summed E-state index contributed by atoms with van der Waals surface area (Å²) in [5, 5.41) is 6.60. The van der Waals surface area contributed by atoms with Gasteiger partial charge in [0.05, 0.1) is 5.02 Å². The molecule has 0 radical (unpaired) electrons. The van der Waals surface area contributed by atoms with E-state index in [4.69, 9.17) is 11.6 Å². The molecule has 2 rings (SSSR count). The summed E-state index contributed by atoms with van der Waals surface area (Å²) >= 11 is 9.33. The number of rotatable bonds is 2. The van der Waals surface area contributed by atoms with Gasteiger partial charge in [0.25, 0.3) is 0 Å². The third-order valence-electron chi connectivity index (χ3n) is 2.41. The van der Waals surface area contributed by atoms with Crippen LogP contribution in [0, 0.1) is 0 Å². The number of nitrogens with zero attached hydrogens (tertiary/aromatic N) is 1. The van der Waals surface area contributed by atoms with Crippen molar-refractivity contribution in [1.29, 1.82) is 0 Å². The predicted octanol–water partition coefficient (Wildman–Crippen LogP) is 2.19. The average Bonchev–Trinajstić information content (AvgIpc) is 2.25. The highest BCUT2D eigenvalue weighted by atomic mass is 79.9. The van der Waals surface area contributed by atoms with Crippen molar-refractivity contribution < 1.29 is 4.79 Å². The normalized spacial score (nSPS) is 20.4. The quantitative estimate of drug-likeness (QED) is 0.880. The van der Waals surface area contributed by atoms with Crippen LogP contribution in [0.2, 0.25) is 5.02 Å². The Morgan fingerprint density at radius 2 is 2.44 bits per heavy atom. The lowest BCUT2D eigenvalue weighted by Gasteiger charge is -2.24. The average molecular weight is 305 g/mol. The van der Waals surface area contributed by atoms with Crippen LogP contribution >= 0.6 is 27.5 Å². The molecule has 1 saturated heterocycles. The Bertz CT molecular complexity index is 403. The molecule has 1 aliphatic heterocycles. The summed E-state index contributed by atoms with van der Waals surface area (Å²) in [6.07, 6.45) is 3.04. The number of anilines is 1. The molecular weight excluding hydrogens is 293 g/mol. The van der Waals surface area contributed by atoms with Crippen LogP contribution in [0.25, 0.3) is 0 Å². The number of hydrogen-bond donors (Lipinski definition) is 2. The first-order valence-electron chi connectivity index (χ1n) is 4.99. The third kappa shape index (κ3) is 2.86. The van der Waals surface area contributed by atoms with Crippen LogP contribution in [-0.2, 0) is 4.79 Å². The lowest BCUT2D eigenvalue weighted by Crippen LogP contribution is -2.42. The number of aromatic nitrogens is 1. The number of carbonyl (C=O) groups is 1. The number of halogens is 2. The Morgan fingerprint density at radius 1 is 1.62 bits per heavy atom. The molecule has 0 bridgehead atoms. The van der Waals surface area contributed by atoms with E-state index in [9.17, 15) is 4.79 Å². The van der Waals surface area contributed by atoms with Crippen LogP contribution in [0.15, 0.2) is 16.7 Å². The number of hydrogen-bond acceptors (Lipinski definition) is 3. The second kappa shape index (κ2) is 5.01. The van der Waals surface area contributed by atoms with E-state index in [1.54, 1.807) is 12.3 Å². The Morgan fingerprint density at radius 3 is 3.06 bits per heavy atom. The number of nitrogens with one attached hydrogen (secondary N) is 2. The molecule has 2 N–H and O–H groups in total. The van der Waals surface area contributed by atoms with Crippen molar-refractivity contribution in [3.8, 4) is 0 Å². The Labute approximate surface area is 107 Å². The summed E-state index contributed by atoms with van der Waals surface area (Å²) < 4.78 is 0.847. The predicted molar refractivity (Wildman–Crippen MR) is 66.6 cm³/mol. The van der Waals surface area contributed by atoms with Crippen molar-refractivity contribution >= 4 is 39.3 Å². The molecule has 0 spiro atoms. The van der Waals surface area contributed by atoms with E-state index in [2.05, 4.69) is 31.5 Å². The minimum absolute atomic E-state index is 0.105. The summed E-state index contributed by atoms with van der Waals surface area (Å²) in [4.78, 5) is 15.2. The SMILES string of the molecule is O=C1CCC(Nc2ncc(Br)cc2Cl)CN1. The number of amides is 1. The Balaban J connectivity index is 2.01. The smallest absolute Gasteiger partial charge is 0.220 e. The van der Waals surface area contributed by atoms with Gasteiger partial charge in [-0.2, -0.15) is 0 Å². The van der Waals surface area contributed by atoms with Gasteiger partial charge in [0.2, 0.25) is 5.91 Å². The lowest BCUT2D eigenvalue weighted by atomic mass is 10.1. The molecule has 1 unspecified atom stereocenters. The van der Waals surface area contributed by atoms with E-state index < -0.39 is 0 Å². The topological polar surface area (TPSA) is 54.0 Å². The van der Waals surface area contributed by atoms with E-state index in [0.717, 1.165) is 10.9 Å². The molecular formula is C10H11BrClN3O. The highest BCUT2D eigenvalue weighted by molar-refractivity contribution is 9.10. The van der Waals surface area contributed by atoms with E-state index in [0.29, 0.717) is 23.8 Å². The standard InChI is InChI=1S/C10H11BrClN3O/c11-6-3-8(12)10(14-4-6)15-7-1-2-9(16)13-5-7/h3-4,7H,1-2,5H2,(H,13,16)(H,14,15). The van der Waals surface area contributed by atoms with Crippen molar-refractivity contribution in [2.75, 3.05) is 11.9 Å². The molecule has 86 valence electrons. The molecule has 2 heterocycles. The molecule has 1 aromatic rings. The van der Waals surface area contributed by atoms with Crippen molar-refractivity contribution in [2.45, 2.75) is 18.9 Å². The summed E-state index contributed by atoms with van der Waals surface area (Å²) in [5.74, 6) is 0.763. The first-order chi connectivity index (χ1) is 7.65. The molecule has 16 heavy (non-hydrogen) atoms. The van der Waals surface area contributed by atoms with Gasteiger partial charge in [0.1, 0.15) is 5.82 Å². The van der Waals surface area contributed by atoms with Crippen LogP contribution in [0.1, 0.15) is 12.8 Å². The molecule has 4 nitrogen and oxygen atoms in total. The van der Waals surface area contributed by atoms with Crippen LogP contribution in [0.3, 0.4) is 0 Å². The van der Waals surface area contributed by atoms with Gasteiger partial charge in [-0.05, 0) is 28.4 Å². The van der Waals surface area contributed by atoms with E-state index in [-0.39, 0.29) is 11.9 Å². The highest BCUT2D eigenvalue weighted by Crippen LogP contribution is 2.24. The van der Waals surface area contributed by atoms with Gasteiger partial charge < -0.3 is 10.6 Å². The molecule has 0 aromatic carbocycles. The van der Waals surface area contributed by atoms with E-state index >= 15 is 0 Å². The lowest BCUT2D eigenvalue weighted by molar-refractivity contribution is -0.122. The summed E-state index contributed by atoms with van der Waals surface area (Å²) in [6.45, 7) is 0.618. The van der Waals surface area contributed by atoms with E-state index in [1.807, 2.05) is 0 Å². The maximum Gasteiger partial charge on any atom is 0.220 e. The van der Waals surface area contributed by atoms with E-state index in [1.165, 1.54) is 0 Å². The van der Waals surface area contributed by atoms with Gasteiger partial charge >= 0.3 is 0 Å². The Kier molecular flexibility index (Phi) is 3.66. The molecule has 1 atom stereocenters. The fourth-order valence-corrected chi connectivity index (χ4v) is 2.25. The molecule has 1 amide bonds. The van der Waals surface area contributed by atoms with Gasteiger partial charge in [-0.15, -0.1) is 0 Å². The van der Waals surface area contributed by atoms with Crippen LogP contribution in [0.4, 0.5) is 5.82 Å². The van der Waals surface area contributed by atoms with Gasteiger partial charge in [-0.1, -0.05) is 11.6 Å². The fourth-order valence-electron chi connectivity index (χ4n) is 1.57. The molecule has 6 heteroatoms. The maximum absolute atomic E-state index is 11.0. The van der Waals surface area contributed by atoms with Crippen LogP contribution < -0.4 is 10.6 Å². The Hall–Kier alpha value is -0.810. The fraction of sp³-hybridized carbons (Fsp3) is 0.400. The largest absolute Gasteiger partial charge is 0.364 e.